The number of halogens is 1. The smallest absolute Gasteiger partial charge is 0.226 e. The lowest BCUT2D eigenvalue weighted by molar-refractivity contribution is -0.132. The number of likely N-dealkylation sites (tertiary alicyclic amines) is 1. The summed E-state index contributed by atoms with van der Waals surface area (Å²) in [5.41, 5.74) is 0.974. The number of aldehydes is 1. The molecular weight excluding hydrogens is 250 g/mol. The van der Waals surface area contributed by atoms with Crippen molar-refractivity contribution < 1.29 is 9.59 Å². The van der Waals surface area contributed by atoms with Gasteiger partial charge >= 0.3 is 0 Å². The molecule has 2 rings (SSSR count). The first kappa shape index (κ1) is 13.1. The number of carbonyl (C=O) groups is 2. The van der Waals surface area contributed by atoms with E-state index in [1.54, 1.807) is 12.1 Å². The van der Waals surface area contributed by atoms with Crippen LogP contribution < -0.4 is 0 Å². The van der Waals surface area contributed by atoms with Gasteiger partial charge in [0.05, 0.1) is 6.42 Å². The van der Waals surface area contributed by atoms with Gasteiger partial charge in [0.15, 0.2) is 0 Å². The molecule has 0 aromatic heterocycles. The Kier molecular flexibility index (Phi) is 4.37. The van der Waals surface area contributed by atoms with E-state index in [-0.39, 0.29) is 11.8 Å². The average molecular weight is 266 g/mol. The first-order valence-electron chi connectivity index (χ1n) is 6.16. The Morgan fingerprint density at radius 1 is 1.28 bits per heavy atom. The van der Waals surface area contributed by atoms with Crippen molar-refractivity contribution in [2.75, 3.05) is 13.1 Å². The van der Waals surface area contributed by atoms with Crippen LogP contribution >= 0.6 is 11.6 Å². The molecule has 1 aliphatic heterocycles. The third-order valence-corrected chi connectivity index (χ3v) is 3.61. The van der Waals surface area contributed by atoms with E-state index in [4.69, 9.17) is 11.6 Å². The molecule has 0 aliphatic carbocycles. The summed E-state index contributed by atoms with van der Waals surface area (Å²) >= 11 is 5.80. The van der Waals surface area contributed by atoms with E-state index < -0.39 is 0 Å². The molecule has 3 nitrogen and oxygen atoms in total. The molecule has 0 saturated carbocycles. The summed E-state index contributed by atoms with van der Waals surface area (Å²) in [7, 11) is 0. The van der Waals surface area contributed by atoms with E-state index in [0.29, 0.717) is 24.5 Å². The molecule has 1 aromatic rings. The zero-order chi connectivity index (χ0) is 13.0. The molecule has 0 unspecified atom stereocenters. The quantitative estimate of drug-likeness (QED) is 0.787. The maximum atomic E-state index is 12.1. The Labute approximate surface area is 112 Å². The van der Waals surface area contributed by atoms with Gasteiger partial charge in [-0.2, -0.15) is 0 Å². The minimum absolute atomic E-state index is 0.127. The number of nitrogens with zero attached hydrogens (tertiary/aromatic N) is 1. The normalized spacial score (nSPS) is 16.6. The van der Waals surface area contributed by atoms with E-state index in [1.165, 1.54) is 0 Å². The van der Waals surface area contributed by atoms with Gasteiger partial charge in [0.2, 0.25) is 5.91 Å². The van der Waals surface area contributed by atoms with Crippen LogP contribution in [0.1, 0.15) is 18.4 Å². The van der Waals surface area contributed by atoms with Crippen molar-refractivity contribution in [3.8, 4) is 0 Å². The highest BCUT2D eigenvalue weighted by molar-refractivity contribution is 6.30. The Balaban J connectivity index is 1.88. The van der Waals surface area contributed by atoms with E-state index in [1.807, 2.05) is 17.0 Å². The summed E-state index contributed by atoms with van der Waals surface area (Å²) in [6.07, 6.45) is 2.98. The van der Waals surface area contributed by atoms with Gasteiger partial charge in [0.1, 0.15) is 6.29 Å². The molecule has 1 fully saturated rings. The fraction of sp³-hybridized carbons (Fsp3) is 0.429. The minimum atomic E-state index is 0.127. The van der Waals surface area contributed by atoms with Crippen LogP contribution in [0.5, 0.6) is 0 Å². The number of benzene rings is 1. The Bertz CT molecular complexity index is 422. The molecule has 0 bridgehead atoms. The largest absolute Gasteiger partial charge is 0.342 e. The Hall–Kier alpha value is -1.35. The molecule has 0 spiro atoms. The third-order valence-electron chi connectivity index (χ3n) is 3.35. The molecule has 1 heterocycles. The number of rotatable bonds is 3. The van der Waals surface area contributed by atoms with Gasteiger partial charge in [0, 0.05) is 24.0 Å². The number of piperidine rings is 1. The number of carbonyl (C=O) groups excluding carboxylic acids is 2. The molecule has 4 heteroatoms. The first-order chi connectivity index (χ1) is 8.69. The monoisotopic (exact) mass is 265 g/mol. The fourth-order valence-corrected chi connectivity index (χ4v) is 2.30. The average Bonchev–Trinajstić information content (AvgIpc) is 2.41. The highest BCUT2D eigenvalue weighted by Gasteiger charge is 2.22. The highest BCUT2D eigenvalue weighted by Crippen LogP contribution is 2.16. The maximum absolute atomic E-state index is 12.1. The predicted octanol–water partition coefficient (Wildman–Crippen LogP) is 2.32. The molecule has 0 radical (unpaired) electrons. The molecule has 96 valence electrons. The van der Waals surface area contributed by atoms with Gasteiger partial charge < -0.3 is 9.69 Å². The van der Waals surface area contributed by atoms with Crippen LogP contribution in [0.15, 0.2) is 24.3 Å². The van der Waals surface area contributed by atoms with Gasteiger partial charge in [-0.25, -0.2) is 0 Å². The minimum Gasteiger partial charge on any atom is -0.342 e. The van der Waals surface area contributed by atoms with Crippen molar-refractivity contribution in [2.45, 2.75) is 19.3 Å². The molecule has 18 heavy (non-hydrogen) atoms. The summed E-state index contributed by atoms with van der Waals surface area (Å²) in [5.74, 6) is 0.256. The summed E-state index contributed by atoms with van der Waals surface area (Å²) in [6, 6.07) is 7.34. The number of amides is 1. The van der Waals surface area contributed by atoms with Crippen molar-refractivity contribution in [3.05, 3.63) is 34.9 Å². The zero-order valence-corrected chi connectivity index (χ0v) is 10.9. The van der Waals surface area contributed by atoms with E-state index in [0.717, 1.165) is 24.7 Å². The van der Waals surface area contributed by atoms with Crippen LogP contribution in [0.3, 0.4) is 0 Å². The Morgan fingerprint density at radius 2 is 1.89 bits per heavy atom. The predicted molar refractivity (Wildman–Crippen MR) is 70.5 cm³/mol. The summed E-state index contributed by atoms with van der Waals surface area (Å²) < 4.78 is 0. The van der Waals surface area contributed by atoms with Gasteiger partial charge in [-0.1, -0.05) is 23.7 Å². The van der Waals surface area contributed by atoms with Gasteiger partial charge in [-0.15, -0.1) is 0 Å². The van der Waals surface area contributed by atoms with Crippen LogP contribution in [0.4, 0.5) is 0 Å². The molecular formula is C14H16ClNO2. The van der Waals surface area contributed by atoms with Gasteiger partial charge in [-0.3, -0.25) is 4.79 Å². The summed E-state index contributed by atoms with van der Waals surface area (Å²) in [6.45, 7) is 1.38. The zero-order valence-electron chi connectivity index (χ0n) is 10.1. The second-order valence-electron chi connectivity index (χ2n) is 4.66. The van der Waals surface area contributed by atoms with Crippen LogP contribution in [0, 0.1) is 5.92 Å². The van der Waals surface area contributed by atoms with Crippen molar-refractivity contribution in [1.82, 2.24) is 4.90 Å². The number of hydrogen-bond donors (Lipinski definition) is 0. The topological polar surface area (TPSA) is 37.4 Å². The van der Waals surface area contributed by atoms with Crippen molar-refractivity contribution in [3.63, 3.8) is 0 Å². The summed E-state index contributed by atoms with van der Waals surface area (Å²) in [4.78, 5) is 24.5. The van der Waals surface area contributed by atoms with Gasteiger partial charge in [0.25, 0.3) is 0 Å². The number of hydrogen-bond acceptors (Lipinski definition) is 2. The van der Waals surface area contributed by atoms with Crippen molar-refractivity contribution in [2.24, 2.45) is 5.92 Å². The maximum Gasteiger partial charge on any atom is 0.226 e. The van der Waals surface area contributed by atoms with Crippen LogP contribution in [0.25, 0.3) is 0 Å². The second kappa shape index (κ2) is 6.01. The van der Waals surface area contributed by atoms with Crippen LogP contribution in [-0.4, -0.2) is 30.2 Å². The molecule has 1 aromatic carbocycles. The van der Waals surface area contributed by atoms with Crippen LogP contribution in [-0.2, 0) is 16.0 Å². The lowest BCUT2D eigenvalue weighted by Crippen LogP contribution is -2.39. The Morgan fingerprint density at radius 3 is 2.44 bits per heavy atom. The fourth-order valence-electron chi connectivity index (χ4n) is 2.17. The molecule has 1 aliphatic rings. The third kappa shape index (κ3) is 3.33. The van der Waals surface area contributed by atoms with Crippen molar-refractivity contribution in [1.29, 1.82) is 0 Å². The van der Waals surface area contributed by atoms with Crippen LogP contribution in [0.2, 0.25) is 5.02 Å². The lowest BCUT2D eigenvalue weighted by atomic mass is 9.98. The highest BCUT2D eigenvalue weighted by atomic mass is 35.5. The molecule has 0 N–H and O–H groups in total. The van der Waals surface area contributed by atoms with E-state index in [9.17, 15) is 9.59 Å². The summed E-state index contributed by atoms with van der Waals surface area (Å²) in [5, 5.41) is 0.679. The van der Waals surface area contributed by atoms with Crippen molar-refractivity contribution >= 4 is 23.8 Å². The second-order valence-corrected chi connectivity index (χ2v) is 5.09. The van der Waals surface area contributed by atoms with Gasteiger partial charge in [-0.05, 0) is 30.5 Å². The molecule has 1 saturated heterocycles. The van der Waals surface area contributed by atoms with E-state index in [2.05, 4.69) is 0 Å². The SMILES string of the molecule is O=CC1CCN(C(=O)Cc2ccc(Cl)cc2)CC1. The lowest BCUT2D eigenvalue weighted by Gasteiger charge is -2.29. The molecule has 0 atom stereocenters. The molecule has 1 amide bonds. The first-order valence-corrected chi connectivity index (χ1v) is 6.54. The van der Waals surface area contributed by atoms with E-state index >= 15 is 0 Å². The standard InChI is InChI=1S/C14H16ClNO2/c15-13-3-1-11(2-4-13)9-14(18)16-7-5-12(10-17)6-8-16/h1-4,10,12H,5-9H2.